The molecule has 0 amide bonds. The zero-order valence-electron chi connectivity index (χ0n) is 8.78. The van der Waals surface area contributed by atoms with Crippen molar-refractivity contribution in [3.63, 3.8) is 0 Å². The minimum absolute atomic E-state index is 0.300. The first-order valence-electron chi connectivity index (χ1n) is 4.84. The Morgan fingerprint density at radius 3 is 2.20 bits per heavy atom. The standard InChI is InChI=1S/C13H12O2/c1-9-3-5-11(6-4-9)12-7-10(2)8-13(14)15-12/h3-8H,1-2H3. The van der Waals surface area contributed by atoms with Gasteiger partial charge < -0.3 is 4.42 Å². The third kappa shape index (κ3) is 2.15. The first kappa shape index (κ1) is 9.71. The lowest BCUT2D eigenvalue weighted by Gasteiger charge is -2.01. The van der Waals surface area contributed by atoms with Crippen molar-refractivity contribution in [3.8, 4) is 11.3 Å². The molecule has 0 N–H and O–H groups in total. The molecule has 0 saturated carbocycles. The van der Waals surface area contributed by atoms with Gasteiger partial charge in [0, 0.05) is 11.6 Å². The van der Waals surface area contributed by atoms with E-state index in [1.807, 2.05) is 44.2 Å². The molecule has 0 radical (unpaired) electrons. The number of hydrogen-bond donors (Lipinski definition) is 0. The first-order valence-corrected chi connectivity index (χ1v) is 4.84. The maximum absolute atomic E-state index is 11.2. The lowest BCUT2D eigenvalue weighted by Crippen LogP contribution is -1.98. The highest BCUT2D eigenvalue weighted by Crippen LogP contribution is 2.18. The summed E-state index contributed by atoms with van der Waals surface area (Å²) >= 11 is 0. The molecule has 2 nitrogen and oxygen atoms in total. The van der Waals surface area contributed by atoms with Gasteiger partial charge in [-0.05, 0) is 25.5 Å². The van der Waals surface area contributed by atoms with Crippen LogP contribution in [0.25, 0.3) is 11.3 Å². The Labute approximate surface area is 88.2 Å². The van der Waals surface area contributed by atoms with Crippen LogP contribution < -0.4 is 5.63 Å². The van der Waals surface area contributed by atoms with Crippen molar-refractivity contribution in [2.45, 2.75) is 13.8 Å². The fourth-order valence-electron chi connectivity index (χ4n) is 1.46. The lowest BCUT2D eigenvalue weighted by molar-refractivity contribution is 0.524. The molecule has 0 aliphatic rings. The van der Waals surface area contributed by atoms with Crippen LogP contribution in [0.5, 0.6) is 0 Å². The van der Waals surface area contributed by atoms with E-state index in [4.69, 9.17) is 4.42 Å². The summed E-state index contributed by atoms with van der Waals surface area (Å²) in [4.78, 5) is 11.2. The van der Waals surface area contributed by atoms with E-state index in [0.717, 1.165) is 11.1 Å². The van der Waals surface area contributed by atoms with Crippen molar-refractivity contribution in [2.75, 3.05) is 0 Å². The van der Waals surface area contributed by atoms with Crippen LogP contribution >= 0.6 is 0 Å². The molecule has 1 heterocycles. The predicted molar refractivity (Wildman–Crippen MR) is 59.9 cm³/mol. The SMILES string of the molecule is Cc1ccc(-c2cc(C)cc(=O)o2)cc1. The van der Waals surface area contributed by atoms with Gasteiger partial charge in [-0.15, -0.1) is 0 Å². The van der Waals surface area contributed by atoms with E-state index in [2.05, 4.69) is 0 Å². The summed E-state index contributed by atoms with van der Waals surface area (Å²) < 4.78 is 5.13. The normalized spacial score (nSPS) is 10.3. The number of hydrogen-bond acceptors (Lipinski definition) is 2. The molecule has 0 fully saturated rings. The Morgan fingerprint density at radius 1 is 0.933 bits per heavy atom. The average Bonchev–Trinajstić information content (AvgIpc) is 2.17. The van der Waals surface area contributed by atoms with E-state index in [9.17, 15) is 4.79 Å². The predicted octanol–water partition coefficient (Wildman–Crippen LogP) is 2.92. The summed E-state index contributed by atoms with van der Waals surface area (Å²) in [7, 11) is 0. The summed E-state index contributed by atoms with van der Waals surface area (Å²) in [6.07, 6.45) is 0. The van der Waals surface area contributed by atoms with Crippen molar-refractivity contribution < 1.29 is 4.42 Å². The van der Waals surface area contributed by atoms with Gasteiger partial charge in [-0.1, -0.05) is 29.8 Å². The molecule has 1 aromatic carbocycles. The second-order valence-corrected chi connectivity index (χ2v) is 3.68. The summed E-state index contributed by atoms with van der Waals surface area (Å²) in [5.74, 6) is 0.625. The summed E-state index contributed by atoms with van der Waals surface area (Å²) in [6, 6.07) is 11.2. The van der Waals surface area contributed by atoms with Crippen LogP contribution in [0.1, 0.15) is 11.1 Å². The van der Waals surface area contributed by atoms with Crippen molar-refractivity contribution in [1.82, 2.24) is 0 Å². The Morgan fingerprint density at radius 2 is 1.60 bits per heavy atom. The Kier molecular flexibility index (Phi) is 2.42. The highest BCUT2D eigenvalue weighted by Gasteiger charge is 2.01. The van der Waals surface area contributed by atoms with Gasteiger partial charge in [0.2, 0.25) is 0 Å². The molecule has 1 aromatic heterocycles. The minimum atomic E-state index is -0.300. The molecule has 0 bridgehead atoms. The Bertz CT molecular complexity index is 521. The van der Waals surface area contributed by atoms with Crippen LogP contribution in [0.4, 0.5) is 0 Å². The van der Waals surface area contributed by atoms with Crippen LogP contribution in [-0.4, -0.2) is 0 Å². The van der Waals surface area contributed by atoms with E-state index in [-0.39, 0.29) is 5.63 Å². The lowest BCUT2D eigenvalue weighted by atomic mass is 10.1. The number of aryl methyl sites for hydroxylation is 2. The molecule has 0 aliphatic carbocycles. The zero-order chi connectivity index (χ0) is 10.8. The van der Waals surface area contributed by atoms with E-state index >= 15 is 0 Å². The van der Waals surface area contributed by atoms with Gasteiger partial charge in [0.05, 0.1) is 0 Å². The molecule has 0 unspecified atom stereocenters. The van der Waals surface area contributed by atoms with Gasteiger partial charge in [0.25, 0.3) is 0 Å². The maximum atomic E-state index is 11.2. The van der Waals surface area contributed by atoms with Crippen molar-refractivity contribution in [3.05, 3.63) is 57.9 Å². The fourth-order valence-corrected chi connectivity index (χ4v) is 1.46. The van der Waals surface area contributed by atoms with Crippen molar-refractivity contribution in [1.29, 1.82) is 0 Å². The molecule has 2 aromatic rings. The maximum Gasteiger partial charge on any atom is 0.336 e. The molecule has 0 spiro atoms. The van der Waals surface area contributed by atoms with Crippen molar-refractivity contribution in [2.24, 2.45) is 0 Å². The highest BCUT2D eigenvalue weighted by molar-refractivity contribution is 5.57. The molecule has 2 rings (SSSR count). The van der Waals surface area contributed by atoms with E-state index in [1.165, 1.54) is 11.6 Å². The number of rotatable bonds is 1. The van der Waals surface area contributed by atoms with Gasteiger partial charge in [-0.2, -0.15) is 0 Å². The molecule has 2 heteroatoms. The van der Waals surface area contributed by atoms with Crippen LogP contribution in [0.15, 0.2) is 45.6 Å². The smallest absolute Gasteiger partial charge is 0.336 e. The third-order valence-electron chi connectivity index (χ3n) is 2.25. The average molecular weight is 200 g/mol. The van der Waals surface area contributed by atoms with Gasteiger partial charge in [-0.3, -0.25) is 0 Å². The highest BCUT2D eigenvalue weighted by atomic mass is 16.4. The zero-order valence-corrected chi connectivity index (χ0v) is 8.78. The summed E-state index contributed by atoms with van der Waals surface area (Å²) in [5, 5.41) is 0. The monoisotopic (exact) mass is 200 g/mol. The van der Waals surface area contributed by atoms with Crippen LogP contribution in [0.3, 0.4) is 0 Å². The second-order valence-electron chi connectivity index (χ2n) is 3.68. The molecule has 76 valence electrons. The third-order valence-corrected chi connectivity index (χ3v) is 2.25. The minimum Gasteiger partial charge on any atom is -0.423 e. The molecular formula is C13H12O2. The van der Waals surface area contributed by atoms with E-state index in [1.54, 1.807) is 0 Å². The Balaban J connectivity index is 2.54. The van der Waals surface area contributed by atoms with Crippen LogP contribution in [-0.2, 0) is 0 Å². The van der Waals surface area contributed by atoms with Gasteiger partial charge in [-0.25, -0.2) is 4.79 Å². The Hall–Kier alpha value is -1.83. The molecule has 0 saturated heterocycles. The second kappa shape index (κ2) is 3.73. The molecule has 0 aliphatic heterocycles. The largest absolute Gasteiger partial charge is 0.423 e. The molecule has 15 heavy (non-hydrogen) atoms. The molecule has 0 atom stereocenters. The van der Waals surface area contributed by atoms with E-state index < -0.39 is 0 Å². The van der Waals surface area contributed by atoms with Crippen molar-refractivity contribution >= 4 is 0 Å². The van der Waals surface area contributed by atoms with Gasteiger partial charge >= 0.3 is 5.63 Å². The fraction of sp³-hybridized carbons (Fsp3) is 0.154. The summed E-state index contributed by atoms with van der Waals surface area (Å²) in [6.45, 7) is 3.91. The van der Waals surface area contributed by atoms with Crippen LogP contribution in [0.2, 0.25) is 0 Å². The molecular weight excluding hydrogens is 188 g/mol. The summed E-state index contributed by atoms with van der Waals surface area (Å²) in [5.41, 5.74) is 2.74. The quantitative estimate of drug-likeness (QED) is 0.708. The first-order chi connectivity index (χ1) is 7.15. The van der Waals surface area contributed by atoms with Gasteiger partial charge in [0.1, 0.15) is 5.76 Å². The van der Waals surface area contributed by atoms with E-state index in [0.29, 0.717) is 5.76 Å². The topological polar surface area (TPSA) is 30.2 Å². The number of benzene rings is 1. The van der Waals surface area contributed by atoms with Gasteiger partial charge in [0.15, 0.2) is 0 Å². The van der Waals surface area contributed by atoms with Crippen LogP contribution in [0, 0.1) is 13.8 Å².